The Morgan fingerprint density at radius 3 is 1.49 bits per heavy atom. The average molecular weight is 677 g/mol. The van der Waals surface area contributed by atoms with Crippen LogP contribution < -0.4 is 37.6 Å². The molecule has 0 spiro atoms. The topological polar surface area (TPSA) is 172 Å². The number of hydrogen-bond donors (Lipinski definition) is 6. The van der Waals surface area contributed by atoms with Crippen LogP contribution in [-0.2, 0) is 0 Å². The van der Waals surface area contributed by atoms with Gasteiger partial charge in [0.25, 0.3) is 23.6 Å². The van der Waals surface area contributed by atoms with E-state index >= 15 is 0 Å². The maximum atomic E-state index is 13.6. The van der Waals surface area contributed by atoms with Gasteiger partial charge >= 0.3 is 0 Å². The standard InChI is InChI=1S/C28H33N7O4.4ClH/c29-7-9-31-11-13-33-25(36)19-15-20(26(37)34-14-12-32-10-8-30)17-21(16-19)35-27(38)22-5-1-3-18-4-2-6-23(24(18)22)28(35)39;;;;/h1-6,15-17,31-32H,7-14,29-30H2,(H,33,36)(H,34,37);4*1H. The number of anilines is 1. The number of rotatable bonds is 13. The second-order valence-electron chi connectivity index (χ2n) is 9.01. The summed E-state index contributed by atoms with van der Waals surface area (Å²) < 4.78 is 0. The fourth-order valence-corrected chi connectivity index (χ4v) is 4.45. The summed E-state index contributed by atoms with van der Waals surface area (Å²) in [6.07, 6.45) is 0. The van der Waals surface area contributed by atoms with Gasteiger partial charge in [0.15, 0.2) is 0 Å². The summed E-state index contributed by atoms with van der Waals surface area (Å²) in [7, 11) is 0. The van der Waals surface area contributed by atoms with Crippen LogP contribution in [0.2, 0.25) is 0 Å². The van der Waals surface area contributed by atoms with Gasteiger partial charge in [-0.1, -0.05) is 24.3 Å². The van der Waals surface area contributed by atoms with E-state index in [4.69, 9.17) is 11.5 Å². The third-order valence-electron chi connectivity index (χ3n) is 6.29. The normalized spacial score (nSPS) is 11.4. The van der Waals surface area contributed by atoms with Gasteiger partial charge in [-0.15, -0.1) is 49.6 Å². The zero-order valence-corrected chi connectivity index (χ0v) is 26.5. The summed E-state index contributed by atoms with van der Waals surface area (Å²) in [5.41, 5.74) is 12.1. The molecule has 4 amide bonds. The van der Waals surface area contributed by atoms with Crippen molar-refractivity contribution in [1.82, 2.24) is 21.3 Å². The van der Waals surface area contributed by atoms with Crippen molar-refractivity contribution in [2.45, 2.75) is 0 Å². The summed E-state index contributed by atoms with van der Waals surface area (Å²) in [6.45, 7) is 3.86. The Morgan fingerprint density at radius 2 is 1.07 bits per heavy atom. The van der Waals surface area contributed by atoms with Gasteiger partial charge in [0.05, 0.1) is 5.69 Å². The molecular formula is C28H37Cl4N7O4. The number of halogens is 4. The van der Waals surface area contributed by atoms with Gasteiger partial charge in [-0.3, -0.25) is 19.2 Å². The SMILES string of the molecule is Cl.Cl.Cl.Cl.NCCNCCNC(=O)c1cc(C(=O)NCCNCCN)cc(N2C(=O)c3cccc4cccc(c34)C2=O)c1. The number of hydrogen-bond acceptors (Lipinski definition) is 8. The van der Waals surface area contributed by atoms with Gasteiger partial charge in [-0.2, -0.15) is 0 Å². The van der Waals surface area contributed by atoms with E-state index < -0.39 is 23.6 Å². The van der Waals surface area contributed by atoms with Gasteiger partial charge in [-0.05, 0) is 35.7 Å². The van der Waals surface area contributed by atoms with Crippen LogP contribution in [0.25, 0.3) is 10.8 Å². The van der Waals surface area contributed by atoms with E-state index in [0.29, 0.717) is 68.9 Å². The van der Waals surface area contributed by atoms with Gasteiger partial charge in [0.1, 0.15) is 0 Å². The molecule has 43 heavy (non-hydrogen) atoms. The second-order valence-corrected chi connectivity index (χ2v) is 9.01. The van der Waals surface area contributed by atoms with Crippen LogP contribution in [0.1, 0.15) is 41.4 Å². The lowest BCUT2D eigenvalue weighted by molar-refractivity contribution is 0.0887. The van der Waals surface area contributed by atoms with Crippen LogP contribution in [-0.4, -0.2) is 76.0 Å². The predicted molar refractivity (Wildman–Crippen MR) is 179 cm³/mol. The molecule has 3 aromatic rings. The molecule has 0 unspecified atom stereocenters. The van der Waals surface area contributed by atoms with Gasteiger partial charge < -0.3 is 32.7 Å². The number of nitrogens with zero attached hydrogens (tertiary/aromatic N) is 1. The molecule has 1 heterocycles. The molecule has 0 aromatic heterocycles. The monoisotopic (exact) mass is 675 g/mol. The molecule has 15 heteroatoms. The van der Waals surface area contributed by atoms with Gasteiger partial charge in [0.2, 0.25) is 0 Å². The number of benzene rings is 3. The molecule has 3 aromatic carbocycles. The Balaban J connectivity index is 0.00000441. The maximum Gasteiger partial charge on any atom is 0.265 e. The first kappa shape index (κ1) is 40.0. The molecule has 8 N–H and O–H groups in total. The van der Waals surface area contributed by atoms with E-state index in [0.717, 1.165) is 10.3 Å². The van der Waals surface area contributed by atoms with Crippen molar-refractivity contribution in [3.63, 3.8) is 0 Å². The quantitative estimate of drug-likeness (QED) is 0.118. The predicted octanol–water partition coefficient (Wildman–Crippen LogP) is 1.88. The molecule has 1 aliphatic rings. The zero-order chi connectivity index (χ0) is 27.8. The fraction of sp³-hybridized carbons (Fsp3) is 0.286. The van der Waals surface area contributed by atoms with Gasteiger partial charge in [0, 0.05) is 80.0 Å². The van der Waals surface area contributed by atoms with Crippen molar-refractivity contribution in [1.29, 1.82) is 0 Å². The number of carbonyl (C=O) groups excluding carboxylic acids is 4. The highest BCUT2D eigenvalue weighted by molar-refractivity contribution is 6.36. The van der Waals surface area contributed by atoms with E-state index in [-0.39, 0.29) is 66.4 Å². The van der Waals surface area contributed by atoms with Crippen molar-refractivity contribution in [2.75, 3.05) is 57.3 Å². The van der Waals surface area contributed by atoms with E-state index in [9.17, 15) is 19.2 Å². The zero-order valence-electron chi connectivity index (χ0n) is 23.2. The van der Waals surface area contributed by atoms with Crippen molar-refractivity contribution in [3.05, 3.63) is 76.9 Å². The minimum atomic E-state index is -0.523. The summed E-state index contributed by atoms with van der Waals surface area (Å²) in [5.74, 6) is -1.93. The number of nitrogens with one attached hydrogen (secondary N) is 4. The van der Waals surface area contributed by atoms with Crippen molar-refractivity contribution in [3.8, 4) is 0 Å². The van der Waals surface area contributed by atoms with Crippen molar-refractivity contribution < 1.29 is 19.2 Å². The first-order chi connectivity index (χ1) is 19.0. The third-order valence-corrected chi connectivity index (χ3v) is 6.29. The summed E-state index contributed by atoms with van der Waals surface area (Å²) in [5, 5.41) is 13.1. The summed E-state index contributed by atoms with van der Waals surface area (Å²) in [4.78, 5) is 54.3. The molecule has 0 aliphatic carbocycles. The van der Waals surface area contributed by atoms with Crippen LogP contribution in [0.3, 0.4) is 0 Å². The lowest BCUT2D eigenvalue weighted by Gasteiger charge is -2.28. The van der Waals surface area contributed by atoms with E-state index in [1.165, 1.54) is 18.2 Å². The molecule has 0 bridgehead atoms. The lowest BCUT2D eigenvalue weighted by atomic mass is 9.93. The number of nitrogens with two attached hydrogens (primary N) is 2. The van der Waals surface area contributed by atoms with Crippen LogP contribution >= 0.6 is 49.6 Å². The first-order valence-electron chi connectivity index (χ1n) is 12.9. The highest BCUT2D eigenvalue weighted by atomic mass is 35.5. The van der Waals surface area contributed by atoms with E-state index in [1.807, 2.05) is 12.1 Å². The highest BCUT2D eigenvalue weighted by Gasteiger charge is 2.34. The second kappa shape index (κ2) is 19.3. The molecule has 0 saturated carbocycles. The largest absolute Gasteiger partial charge is 0.351 e. The third kappa shape index (κ3) is 9.49. The minimum absolute atomic E-state index is 0. The molecule has 0 atom stereocenters. The lowest BCUT2D eigenvalue weighted by Crippen LogP contribution is -2.41. The molecule has 0 radical (unpaired) electrons. The number of carbonyl (C=O) groups is 4. The first-order valence-corrected chi connectivity index (χ1v) is 12.9. The molecule has 1 aliphatic heterocycles. The molecule has 11 nitrogen and oxygen atoms in total. The maximum absolute atomic E-state index is 13.6. The molecule has 0 saturated heterocycles. The van der Waals surface area contributed by atoms with E-state index in [2.05, 4.69) is 21.3 Å². The van der Waals surface area contributed by atoms with Crippen molar-refractivity contribution >= 4 is 89.7 Å². The van der Waals surface area contributed by atoms with Crippen LogP contribution in [0.5, 0.6) is 0 Å². The molecular weight excluding hydrogens is 640 g/mol. The Labute approximate surface area is 274 Å². The fourth-order valence-electron chi connectivity index (χ4n) is 4.45. The Bertz CT molecular complexity index is 1320. The van der Waals surface area contributed by atoms with Crippen molar-refractivity contribution in [2.24, 2.45) is 11.5 Å². The smallest absolute Gasteiger partial charge is 0.265 e. The summed E-state index contributed by atoms with van der Waals surface area (Å²) in [6, 6.07) is 14.9. The average Bonchev–Trinajstić information content (AvgIpc) is 2.95. The number of imide groups is 1. The molecule has 236 valence electrons. The Hall–Kier alpha value is -3.00. The van der Waals surface area contributed by atoms with Crippen LogP contribution in [0, 0.1) is 0 Å². The number of amides is 4. The molecule has 4 rings (SSSR count). The van der Waals surface area contributed by atoms with Crippen LogP contribution in [0.4, 0.5) is 5.69 Å². The van der Waals surface area contributed by atoms with Gasteiger partial charge in [-0.25, -0.2) is 4.90 Å². The Morgan fingerprint density at radius 1 is 0.628 bits per heavy atom. The van der Waals surface area contributed by atoms with Crippen LogP contribution in [0.15, 0.2) is 54.6 Å². The minimum Gasteiger partial charge on any atom is -0.351 e. The Kier molecular flexibility index (Phi) is 18.0. The summed E-state index contributed by atoms with van der Waals surface area (Å²) >= 11 is 0. The van der Waals surface area contributed by atoms with E-state index in [1.54, 1.807) is 24.3 Å². The molecule has 0 fully saturated rings. The highest BCUT2D eigenvalue weighted by Crippen LogP contribution is 2.33.